The third-order valence-electron chi connectivity index (χ3n) is 6.35. The minimum Gasteiger partial charge on any atom is -0.343 e. The van der Waals surface area contributed by atoms with Gasteiger partial charge in [0.25, 0.3) is 0 Å². The van der Waals surface area contributed by atoms with E-state index in [2.05, 4.69) is 87.2 Å². The van der Waals surface area contributed by atoms with Crippen molar-refractivity contribution in [3.8, 4) is 0 Å². The molecule has 1 unspecified atom stereocenters. The normalized spacial score (nSPS) is 17.4. The summed E-state index contributed by atoms with van der Waals surface area (Å²) in [5.74, 6) is 2.27. The van der Waals surface area contributed by atoms with Crippen LogP contribution in [0.2, 0.25) is 0 Å². The summed E-state index contributed by atoms with van der Waals surface area (Å²) in [6, 6.07) is 0.288. The molecule has 8 nitrogen and oxygen atoms in total. The second-order valence-corrected chi connectivity index (χ2v) is 10.3. The molecule has 0 amide bonds. The summed E-state index contributed by atoms with van der Waals surface area (Å²) in [6.45, 7) is 19.4. The smallest absolute Gasteiger partial charge is 0.199 e. The third-order valence-corrected chi connectivity index (χ3v) is 6.35. The second kappa shape index (κ2) is 19.6. The topological polar surface area (TPSA) is 79.6 Å². The van der Waals surface area contributed by atoms with Crippen LogP contribution in [0.25, 0.3) is 0 Å². The van der Waals surface area contributed by atoms with Crippen molar-refractivity contribution in [1.29, 1.82) is 0 Å². The maximum Gasteiger partial charge on any atom is 0.199 e. The van der Waals surface area contributed by atoms with Gasteiger partial charge in [0.1, 0.15) is 5.82 Å². The molecule has 0 aromatic carbocycles. The first-order valence-corrected chi connectivity index (χ1v) is 14.4. The van der Waals surface area contributed by atoms with Crippen LogP contribution in [0.3, 0.4) is 0 Å². The van der Waals surface area contributed by atoms with E-state index in [0.717, 1.165) is 61.1 Å². The Bertz CT molecular complexity index is 1030. The van der Waals surface area contributed by atoms with E-state index in [1.54, 1.807) is 0 Å². The zero-order chi connectivity index (χ0) is 29.9. The minimum atomic E-state index is 0. The largest absolute Gasteiger partial charge is 0.343 e. The lowest BCUT2D eigenvalue weighted by molar-refractivity contribution is 0.373. The quantitative estimate of drug-likeness (QED) is 0.161. The van der Waals surface area contributed by atoms with Gasteiger partial charge in [-0.1, -0.05) is 31.7 Å². The van der Waals surface area contributed by atoms with E-state index in [-0.39, 0.29) is 7.47 Å². The zero-order valence-electron chi connectivity index (χ0n) is 26.5. The highest BCUT2D eigenvalue weighted by molar-refractivity contribution is 5.82. The van der Waals surface area contributed by atoms with Crippen molar-refractivity contribution in [2.75, 3.05) is 40.8 Å². The van der Waals surface area contributed by atoms with Crippen LogP contribution < -0.4 is 16.0 Å². The molecule has 2 aliphatic rings. The standard InChI is InChI=1S/C30H47N7.C2H7N.H2/c1-9-11-14-27(23(3)4)34-29(28-21-33-22-37(28)24(5)6)35-30(31-8)36(10-2)19-16-25(7)20-26-13-12-17-32-18-15-26;1-3-2;/h9,11,13-15,17-18,22,24-25,34H,3,10,12,16,19-21H2,1-2,4-8H3,(H,31,35);3H,1-2H3;1H/b11-9-,27-14+,29-28+;;. The first-order valence-electron chi connectivity index (χ1n) is 14.4. The van der Waals surface area contributed by atoms with Crippen molar-refractivity contribution < 1.29 is 1.43 Å². The van der Waals surface area contributed by atoms with E-state index in [0.29, 0.717) is 12.5 Å². The zero-order valence-corrected chi connectivity index (χ0v) is 26.5. The van der Waals surface area contributed by atoms with Gasteiger partial charge in [0.05, 0.1) is 18.6 Å². The van der Waals surface area contributed by atoms with Crippen LogP contribution in [-0.4, -0.2) is 75.1 Å². The van der Waals surface area contributed by atoms with Crippen molar-refractivity contribution >= 4 is 18.5 Å². The fourth-order valence-electron chi connectivity index (χ4n) is 4.18. The molecule has 0 aliphatic carbocycles. The van der Waals surface area contributed by atoms with Crippen LogP contribution in [0.5, 0.6) is 0 Å². The Morgan fingerprint density at radius 1 is 1.27 bits per heavy atom. The molecule has 0 bridgehead atoms. The summed E-state index contributed by atoms with van der Waals surface area (Å²) in [5.41, 5.74) is 4.35. The van der Waals surface area contributed by atoms with E-state index >= 15 is 0 Å². The molecule has 2 aliphatic heterocycles. The van der Waals surface area contributed by atoms with Crippen molar-refractivity contribution in [1.82, 2.24) is 25.8 Å². The molecule has 40 heavy (non-hydrogen) atoms. The number of allylic oxidation sites excluding steroid dienone is 7. The predicted molar refractivity (Wildman–Crippen MR) is 178 cm³/mol. The third kappa shape index (κ3) is 12.2. The molecule has 0 aromatic rings. The molecule has 2 rings (SSSR count). The summed E-state index contributed by atoms with van der Waals surface area (Å²) >= 11 is 0. The number of guanidine groups is 1. The minimum absolute atomic E-state index is 0. The van der Waals surface area contributed by atoms with Crippen LogP contribution in [0, 0.1) is 5.92 Å². The maximum absolute atomic E-state index is 4.66. The van der Waals surface area contributed by atoms with Crippen molar-refractivity contribution in [2.24, 2.45) is 20.9 Å². The van der Waals surface area contributed by atoms with Gasteiger partial charge in [-0.3, -0.25) is 15.0 Å². The van der Waals surface area contributed by atoms with Crippen LogP contribution in [0.1, 0.15) is 62.2 Å². The summed E-state index contributed by atoms with van der Waals surface area (Å²) in [7, 11) is 5.60. The first kappa shape index (κ1) is 34.6. The van der Waals surface area contributed by atoms with Gasteiger partial charge >= 0.3 is 0 Å². The van der Waals surface area contributed by atoms with Crippen LogP contribution in [0.15, 0.2) is 86.5 Å². The Hall–Kier alpha value is -3.39. The van der Waals surface area contributed by atoms with Gasteiger partial charge in [-0.2, -0.15) is 0 Å². The van der Waals surface area contributed by atoms with Gasteiger partial charge in [0, 0.05) is 52.1 Å². The van der Waals surface area contributed by atoms with Crippen molar-refractivity contribution in [3.63, 3.8) is 0 Å². The van der Waals surface area contributed by atoms with E-state index in [9.17, 15) is 0 Å². The lowest BCUT2D eigenvalue weighted by atomic mass is 9.97. The molecule has 2 heterocycles. The summed E-state index contributed by atoms with van der Waals surface area (Å²) in [5, 5.41) is 9.99. The SMILES string of the molecule is C=C(C)/C(=C\C=C/C)N/C(NC(=NC)N(CC)CCC(C)CC1=CCC=NC=C1)=C1/CN=CN1C(C)C.CNC.[HH]. The highest BCUT2D eigenvalue weighted by Gasteiger charge is 2.23. The molecule has 0 saturated carbocycles. The predicted octanol–water partition coefficient (Wildman–Crippen LogP) is 5.84. The molecule has 0 spiro atoms. The van der Waals surface area contributed by atoms with Gasteiger partial charge in [0.15, 0.2) is 5.96 Å². The van der Waals surface area contributed by atoms with Crippen LogP contribution in [0.4, 0.5) is 0 Å². The Labute approximate surface area is 245 Å². The molecule has 1 atom stereocenters. The monoisotopic (exact) mass is 552 g/mol. The molecule has 0 aromatic heterocycles. The Kier molecular flexibility index (Phi) is 17.0. The Morgan fingerprint density at radius 3 is 2.60 bits per heavy atom. The molecule has 3 N–H and O–H groups in total. The van der Waals surface area contributed by atoms with E-state index in [4.69, 9.17) is 0 Å². The summed E-state index contributed by atoms with van der Waals surface area (Å²) in [6.07, 6.45) is 19.3. The van der Waals surface area contributed by atoms with Gasteiger partial charge < -0.3 is 25.8 Å². The molecule has 224 valence electrons. The highest BCUT2D eigenvalue weighted by Crippen LogP contribution is 2.20. The average Bonchev–Trinajstić information content (AvgIpc) is 3.28. The number of aliphatic imine (C=N–C) groups is 3. The second-order valence-electron chi connectivity index (χ2n) is 10.3. The first-order chi connectivity index (χ1) is 19.2. The number of nitrogens with one attached hydrogen (secondary N) is 3. The summed E-state index contributed by atoms with van der Waals surface area (Å²) in [4.78, 5) is 18.0. The van der Waals surface area contributed by atoms with Crippen molar-refractivity contribution in [2.45, 2.75) is 66.8 Å². The fraction of sp³-hybridized carbons (Fsp3) is 0.531. The number of nitrogens with zero attached hydrogens (tertiary/aromatic N) is 5. The average molecular weight is 553 g/mol. The maximum atomic E-state index is 4.66. The van der Waals surface area contributed by atoms with Gasteiger partial charge in [-0.15, -0.1) is 0 Å². The molecular formula is C32H56N8. The highest BCUT2D eigenvalue weighted by atomic mass is 15.3. The number of rotatable bonds is 12. The van der Waals surface area contributed by atoms with E-state index < -0.39 is 0 Å². The molecular weight excluding hydrogens is 496 g/mol. The van der Waals surface area contributed by atoms with Crippen molar-refractivity contribution in [3.05, 3.63) is 71.5 Å². The molecule has 0 fully saturated rings. The lowest BCUT2D eigenvalue weighted by Crippen LogP contribution is -2.46. The van der Waals surface area contributed by atoms with E-state index in [1.807, 2.05) is 72.0 Å². The van der Waals surface area contributed by atoms with Gasteiger partial charge in [0.2, 0.25) is 0 Å². The fourth-order valence-corrected chi connectivity index (χ4v) is 4.18. The number of hydrogen-bond donors (Lipinski definition) is 3. The Morgan fingerprint density at radius 2 is 2.00 bits per heavy atom. The van der Waals surface area contributed by atoms with Crippen LogP contribution >= 0.6 is 0 Å². The lowest BCUT2D eigenvalue weighted by Gasteiger charge is -2.30. The molecule has 0 saturated heterocycles. The van der Waals surface area contributed by atoms with Gasteiger partial charge in [-0.05, 0) is 90.8 Å². The van der Waals surface area contributed by atoms with Gasteiger partial charge in [-0.25, -0.2) is 0 Å². The Balaban J connectivity index is 0.00000382. The summed E-state index contributed by atoms with van der Waals surface area (Å²) < 4.78 is 0. The molecule has 0 radical (unpaired) electrons. The molecule has 8 heteroatoms. The van der Waals surface area contributed by atoms with E-state index in [1.165, 1.54) is 5.57 Å². The van der Waals surface area contributed by atoms with Crippen LogP contribution in [-0.2, 0) is 0 Å². The number of hydrogen-bond acceptors (Lipinski definition) is 6.